The number of rotatable bonds is 6. The molecule has 0 amide bonds. The maximum absolute atomic E-state index is 10.0. The van der Waals surface area contributed by atoms with Crippen LogP contribution in [-0.2, 0) is 18.0 Å². The SMILES string of the molecule is C#CCCOC[n+]1ccc(CN=O)cc1. The Balaban J connectivity index is 2.36. The van der Waals surface area contributed by atoms with Gasteiger partial charge in [-0.05, 0) is 5.56 Å². The number of nitrogens with zero attached hydrogens (tertiary/aromatic N) is 2. The monoisotopic (exact) mass is 205 g/mol. The zero-order valence-electron chi connectivity index (χ0n) is 8.43. The van der Waals surface area contributed by atoms with E-state index in [0.717, 1.165) is 5.56 Å². The van der Waals surface area contributed by atoms with Crippen molar-refractivity contribution in [2.75, 3.05) is 6.61 Å². The molecule has 1 heterocycles. The Morgan fingerprint density at radius 2 is 2.20 bits per heavy atom. The third-order valence-corrected chi connectivity index (χ3v) is 1.84. The van der Waals surface area contributed by atoms with Crippen molar-refractivity contribution in [3.05, 3.63) is 35.0 Å². The molecule has 0 saturated carbocycles. The van der Waals surface area contributed by atoms with Crippen LogP contribution >= 0.6 is 0 Å². The van der Waals surface area contributed by atoms with E-state index in [0.29, 0.717) is 19.8 Å². The summed E-state index contributed by atoms with van der Waals surface area (Å²) in [6.45, 7) is 1.23. The first-order valence-electron chi connectivity index (χ1n) is 4.65. The largest absolute Gasteiger partial charge is 0.322 e. The van der Waals surface area contributed by atoms with Crippen molar-refractivity contribution in [2.45, 2.75) is 19.7 Å². The zero-order valence-corrected chi connectivity index (χ0v) is 8.43. The van der Waals surface area contributed by atoms with Gasteiger partial charge in [0.2, 0.25) is 0 Å². The first-order valence-corrected chi connectivity index (χ1v) is 4.65. The molecular weight excluding hydrogens is 192 g/mol. The first kappa shape index (κ1) is 11.3. The fourth-order valence-electron chi connectivity index (χ4n) is 1.06. The summed E-state index contributed by atoms with van der Waals surface area (Å²) in [5.74, 6) is 2.50. The molecule has 0 fully saturated rings. The van der Waals surface area contributed by atoms with E-state index in [1.54, 1.807) is 0 Å². The molecule has 0 saturated heterocycles. The third-order valence-electron chi connectivity index (χ3n) is 1.84. The standard InChI is InChI=1S/C11H13N2O2/c1-2-3-8-15-10-13-6-4-11(5-7-13)9-12-14/h1,4-7H,3,8-10H2/q+1. The van der Waals surface area contributed by atoms with Gasteiger partial charge in [0, 0.05) is 18.6 Å². The molecule has 0 bridgehead atoms. The quantitative estimate of drug-likeness (QED) is 0.303. The summed E-state index contributed by atoms with van der Waals surface area (Å²) >= 11 is 0. The van der Waals surface area contributed by atoms with Crippen molar-refractivity contribution in [1.29, 1.82) is 0 Å². The van der Waals surface area contributed by atoms with Crippen molar-refractivity contribution < 1.29 is 9.30 Å². The van der Waals surface area contributed by atoms with Gasteiger partial charge in [0.1, 0.15) is 6.54 Å². The van der Waals surface area contributed by atoms with Crippen LogP contribution in [0.1, 0.15) is 12.0 Å². The molecule has 1 aromatic heterocycles. The predicted octanol–water partition coefficient (Wildman–Crippen LogP) is 1.24. The molecule has 0 spiro atoms. The van der Waals surface area contributed by atoms with E-state index in [-0.39, 0.29) is 6.54 Å². The van der Waals surface area contributed by atoms with Gasteiger partial charge >= 0.3 is 0 Å². The van der Waals surface area contributed by atoms with Gasteiger partial charge in [0.25, 0.3) is 6.73 Å². The normalized spacial score (nSPS) is 9.53. The summed E-state index contributed by atoms with van der Waals surface area (Å²) < 4.78 is 7.16. The molecule has 4 nitrogen and oxygen atoms in total. The van der Waals surface area contributed by atoms with Gasteiger partial charge in [-0.1, -0.05) is 5.18 Å². The van der Waals surface area contributed by atoms with Crippen LogP contribution in [0.4, 0.5) is 0 Å². The molecule has 0 aliphatic rings. The lowest BCUT2D eigenvalue weighted by atomic mass is 10.3. The Morgan fingerprint density at radius 3 is 2.80 bits per heavy atom. The molecule has 0 atom stereocenters. The number of hydrogen-bond donors (Lipinski definition) is 0. The van der Waals surface area contributed by atoms with Gasteiger partial charge in [-0.3, -0.25) is 0 Å². The molecule has 0 N–H and O–H groups in total. The summed E-state index contributed by atoms with van der Waals surface area (Å²) in [6.07, 6.45) is 9.39. The highest BCUT2D eigenvalue weighted by Crippen LogP contribution is 1.96. The van der Waals surface area contributed by atoms with E-state index in [9.17, 15) is 4.91 Å². The van der Waals surface area contributed by atoms with Crippen molar-refractivity contribution in [3.63, 3.8) is 0 Å². The molecule has 0 aromatic carbocycles. The van der Waals surface area contributed by atoms with Crippen molar-refractivity contribution in [3.8, 4) is 12.3 Å². The minimum Gasteiger partial charge on any atom is -0.322 e. The Labute approximate surface area is 88.9 Å². The number of pyridine rings is 1. The van der Waals surface area contributed by atoms with Gasteiger partial charge in [-0.25, -0.2) is 0 Å². The summed E-state index contributed by atoms with van der Waals surface area (Å²) in [4.78, 5) is 10.0. The number of ether oxygens (including phenoxy) is 1. The van der Waals surface area contributed by atoms with E-state index in [1.165, 1.54) is 0 Å². The molecule has 1 rings (SSSR count). The Bertz CT molecular complexity index is 341. The fourth-order valence-corrected chi connectivity index (χ4v) is 1.06. The molecule has 4 heteroatoms. The van der Waals surface area contributed by atoms with Crippen molar-refractivity contribution in [1.82, 2.24) is 0 Å². The van der Waals surface area contributed by atoms with Crippen LogP contribution < -0.4 is 4.57 Å². The van der Waals surface area contributed by atoms with Crippen LogP contribution in [0.3, 0.4) is 0 Å². The molecule has 0 radical (unpaired) electrons. The smallest absolute Gasteiger partial charge is 0.252 e. The topological polar surface area (TPSA) is 42.5 Å². The minimum atomic E-state index is 0.207. The number of terminal acetylenes is 1. The highest BCUT2D eigenvalue weighted by atomic mass is 16.5. The fraction of sp³-hybridized carbons (Fsp3) is 0.364. The van der Waals surface area contributed by atoms with Crippen LogP contribution in [0.25, 0.3) is 0 Å². The summed E-state index contributed by atoms with van der Waals surface area (Å²) in [6, 6.07) is 3.68. The zero-order chi connectivity index (χ0) is 10.9. The molecule has 0 unspecified atom stereocenters. The second-order valence-corrected chi connectivity index (χ2v) is 3.00. The van der Waals surface area contributed by atoms with Crippen LogP contribution in [0.5, 0.6) is 0 Å². The second kappa shape index (κ2) is 6.68. The van der Waals surface area contributed by atoms with Gasteiger partial charge in [-0.15, -0.1) is 12.3 Å². The van der Waals surface area contributed by atoms with Gasteiger partial charge in [0.05, 0.1) is 6.61 Å². The number of hydrogen-bond acceptors (Lipinski definition) is 3. The van der Waals surface area contributed by atoms with Crippen LogP contribution in [-0.4, -0.2) is 6.61 Å². The van der Waals surface area contributed by atoms with E-state index in [2.05, 4.69) is 11.1 Å². The van der Waals surface area contributed by atoms with E-state index < -0.39 is 0 Å². The molecule has 15 heavy (non-hydrogen) atoms. The Morgan fingerprint density at radius 1 is 1.47 bits per heavy atom. The maximum atomic E-state index is 10.0. The van der Waals surface area contributed by atoms with Gasteiger partial charge < -0.3 is 4.74 Å². The average molecular weight is 205 g/mol. The minimum absolute atomic E-state index is 0.207. The van der Waals surface area contributed by atoms with Gasteiger partial charge in [0.15, 0.2) is 12.4 Å². The molecule has 1 aromatic rings. The molecule has 0 aliphatic carbocycles. The van der Waals surface area contributed by atoms with Crippen LogP contribution in [0.2, 0.25) is 0 Å². The molecule has 0 aliphatic heterocycles. The lowest BCUT2D eigenvalue weighted by Gasteiger charge is -1.98. The lowest BCUT2D eigenvalue weighted by molar-refractivity contribution is -0.732. The van der Waals surface area contributed by atoms with E-state index in [1.807, 2.05) is 29.1 Å². The first-order chi connectivity index (χ1) is 7.36. The second-order valence-electron chi connectivity index (χ2n) is 3.00. The Kier molecular flexibility index (Phi) is 5.06. The third kappa shape index (κ3) is 4.34. The molecule has 78 valence electrons. The predicted molar refractivity (Wildman–Crippen MR) is 55.5 cm³/mol. The summed E-state index contributed by atoms with van der Waals surface area (Å²) in [7, 11) is 0. The number of aromatic nitrogens is 1. The molecular formula is C11H13N2O2+. The Hall–Kier alpha value is -1.73. The van der Waals surface area contributed by atoms with E-state index >= 15 is 0 Å². The highest BCUT2D eigenvalue weighted by Gasteiger charge is 2.00. The summed E-state index contributed by atoms with van der Waals surface area (Å²) in [5, 5.41) is 2.81. The van der Waals surface area contributed by atoms with Crippen LogP contribution in [0, 0.1) is 17.3 Å². The highest BCUT2D eigenvalue weighted by molar-refractivity contribution is 5.06. The van der Waals surface area contributed by atoms with Crippen molar-refractivity contribution in [2.24, 2.45) is 5.18 Å². The van der Waals surface area contributed by atoms with Crippen molar-refractivity contribution >= 4 is 0 Å². The van der Waals surface area contributed by atoms with Gasteiger partial charge in [-0.2, -0.15) is 9.47 Å². The van der Waals surface area contributed by atoms with E-state index in [4.69, 9.17) is 11.2 Å². The average Bonchev–Trinajstić information content (AvgIpc) is 2.27. The maximum Gasteiger partial charge on any atom is 0.252 e. The summed E-state index contributed by atoms with van der Waals surface area (Å²) in [5.41, 5.74) is 0.893. The number of nitroso groups, excluding NO2 is 1. The lowest BCUT2D eigenvalue weighted by Crippen LogP contribution is -2.34. The van der Waals surface area contributed by atoms with Crippen LogP contribution in [0.15, 0.2) is 29.7 Å².